The number of piperazine rings is 1. The summed E-state index contributed by atoms with van der Waals surface area (Å²) >= 11 is 0. The van der Waals surface area contributed by atoms with Crippen molar-refractivity contribution in [3.8, 4) is 0 Å². The van der Waals surface area contributed by atoms with Gasteiger partial charge in [-0.3, -0.25) is 4.90 Å². The van der Waals surface area contributed by atoms with Crippen LogP contribution in [-0.4, -0.2) is 62.9 Å². The molecule has 1 rings (SSSR count). The molecular weight excluding hydrogens is 262 g/mol. The molecule has 0 saturated carbocycles. The van der Waals surface area contributed by atoms with Gasteiger partial charge in [0.25, 0.3) is 0 Å². The monoisotopic (exact) mass is 299 g/mol. The van der Waals surface area contributed by atoms with E-state index in [-0.39, 0.29) is 5.60 Å². The maximum Gasteiger partial charge on any atom is 0.0622 e. The summed E-state index contributed by atoms with van der Waals surface area (Å²) in [5, 5.41) is 7.10. The van der Waals surface area contributed by atoms with Crippen LogP contribution in [0.2, 0.25) is 0 Å². The lowest BCUT2D eigenvalue weighted by Crippen LogP contribution is -2.47. The van der Waals surface area contributed by atoms with Gasteiger partial charge in [0.05, 0.1) is 5.60 Å². The molecular formula is C17H37N3O. The second kappa shape index (κ2) is 9.78. The number of nitrogens with zero attached hydrogens (tertiary/aromatic N) is 1. The first kappa shape index (κ1) is 18.9. The van der Waals surface area contributed by atoms with Gasteiger partial charge in [-0.1, -0.05) is 13.3 Å². The predicted molar refractivity (Wildman–Crippen MR) is 90.9 cm³/mol. The number of rotatable bonds is 10. The summed E-state index contributed by atoms with van der Waals surface area (Å²) in [6, 6.07) is 0.596. The van der Waals surface area contributed by atoms with Crippen LogP contribution < -0.4 is 10.6 Å². The normalized spacial score (nSPS) is 20.4. The Morgan fingerprint density at radius 1 is 1.24 bits per heavy atom. The van der Waals surface area contributed by atoms with Crippen LogP contribution in [0, 0.1) is 5.92 Å². The van der Waals surface area contributed by atoms with E-state index in [2.05, 4.69) is 43.2 Å². The molecule has 1 aliphatic heterocycles. The molecule has 126 valence electrons. The first-order chi connectivity index (χ1) is 9.94. The average Bonchev–Trinajstić information content (AvgIpc) is 2.48. The molecule has 0 aromatic heterocycles. The van der Waals surface area contributed by atoms with Crippen LogP contribution in [-0.2, 0) is 4.74 Å². The molecule has 1 saturated heterocycles. The van der Waals surface area contributed by atoms with E-state index in [1.165, 1.54) is 32.5 Å². The van der Waals surface area contributed by atoms with Gasteiger partial charge in [-0.2, -0.15) is 0 Å². The second-order valence-electron chi connectivity index (χ2n) is 7.17. The fraction of sp³-hybridized carbons (Fsp3) is 1.00. The van der Waals surface area contributed by atoms with Crippen molar-refractivity contribution in [2.75, 3.05) is 46.4 Å². The topological polar surface area (TPSA) is 36.5 Å². The zero-order valence-electron chi connectivity index (χ0n) is 14.9. The molecule has 2 atom stereocenters. The second-order valence-corrected chi connectivity index (χ2v) is 7.17. The summed E-state index contributed by atoms with van der Waals surface area (Å²) in [4.78, 5) is 2.54. The maximum absolute atomic E-state index is 5.49. The molecule has 0 aliphatic carbocycles. The Labute approximate surface area is 132 Å². The van der Waals surface area contributed by atoms with Gasteiger partial charge < -0.3 is 15.4 Å². The van der Waals surface area contributed by atoms with Crippen molar-refractivity contribution in [3.05, 3.63) is 0 Å². The average molecular weight is 300 g/mol. The lowest BCUT2D eigenvalue weighted by molar-refractivity contribution is 0.0125. The molecule has 1 fully saturated rings. The Morgan fingerprint density at radius 2 is 1.90 bits per heavy atom. The Bertz CT molecular complexity index is 265. The summed E-state index contributed by atoms with van der Waals surface area (Å²) in [5.41, 5.74) is 0.0265. The predicted octanol–water partition coefficient (Wildman–Crippen LogP) is 2.10. The third kappa shape index (κ3) is 8.15. The van der Waals surface area contributed by atoms with Gasteiger partial charge in [-0.25, -0.2) is 0 Å². The zero-order chi connectivity index (χ0) is 15.7. The fourth-order valence-electron chi connectivity index (χ4n) is 2.79. The van der Waals surface area contributed by atoms with E-state index in [1.807, 2.05) is 7.11 Å². The molecule has 0 aromatic carbocycles. The van der Waals surface area contributed by atoms with Crippen LogP contribution in [0.1, 0.15) is 47.0 Å². The van der Waals surface area contributed by atoms with Gasteiger partial charge in [-0.05, 0) is 39.5 Å². The van der Waals surface area contributed by atoms with E-state index >= 15 is 0 Å². The van der Waals surface area contributed by atoms with E-state index in [0.29, 0.717) is 6.04 Å². The molecule has 0 spiro atoms. The van der Waals surface area contributed by atoms with Crippen molar-refractivity contribution in [1.29, 1.82) is 0 Å². The Hall–Kier alpha value is -0.160. The number of hydrogen-bond acceptors (Lipinski definition) is 4. The fourth-order valence-corrected chi connectivity index (χ4v) is 2.79. The van der Waals surface area contributed by atoms with Gasteiger partial charge in [-0.15, -0.1) is 0 Å². The molecule has 0 radical (unpaired) electrons. The van der Waals surface area contributed by atoms with E-state index < -0.39 is 0 Å². The Kier molecular flexibility index (Phi) is 8.79. The Balaban J connectivity index is 2.08. The van der Waals surface area contributed by atoms with Crippen molar-refractivity contribution in [1.82, 2.24) is 15.5 Å². The highest BCUT2D eigenvalue weighted by molar-refractivity contribution is 4.74. The standard InChI is InChI=1S/C17H37N3O/c1-15(7-6-8-17(3,4)21-5)16(2)19-11-14-20-12-9-18-10-13-20/h15-16,18-19H,6-14H2,1-5H3/t15-,16+/m0/s1. The van der Waals surface area contributed by atoms with Gasteiger partial charge in [0, 0.05) is 52.4 Å². The lowest BCUT2D eigenvalue weighted by atomic mass is 9.93. The van der Waals surface area contributed by atoms with E-state index in [0.717, 1.165) is 32.0 Å². The largest absolute Gasteiger partial charge is 0.379 e. The third-order valence-electron chi connectivity index (χ3n) is 4.95. The van der Waals surface area contributed by atoms with E-state index in [1.54, 1.807) is 0 Å². The van der Waals surface area contributed by atoms with Crippen molar-refractivity contribution in [2.45, 2.75) is 58.6 Å². The first-order valence-electron chi connectivity index (χ1n) is 8.66. The molecule has 0 amide bonds. The molecule has 1 aliphatic rings. The van der Waals surface area contributed by atoms with Gasteiger partial charge in [0.15, 0.2) is 0 Å². The quantitative estimate of drug-likeness (QED) is 0.648. The van der Waals surface area contributed by atoms with Crippen molar-refractivity contribution in [3.63, 3.8) is 0 Å². The minimum absolute atomic E-state index is 0.0265. The Morgan fingerprint density at radius 3 is 2.52 bits per heavy atom. The van der Waals surface area contributed by atoms with Crippen LogP contribution in [0.5, 0.6) is 0 Å². The van der Waals surface area contributed by atoms with Gasteiger partial charge in [0.2, 0.25) is 0 Å². The summed E-state index contributed by atoms with van der Waals surface area (Å²) in [6.45, 7) is 16.0. The molecule has 1 heterocycles. The molecule has 2 N–H and O–H groups in total. The molecule has 4 heteroatoms. The van der Waals surface area contributed by atoms with Crippen molar-refractivity contribution in [2.24, 2.45) is 5.92 Å². The summed E-state index contributed by atoms with van der Waals surface area (Å²) in [5.74, 6) is 0.723. The van der Waals surface area contributed by atoms with Gasteiger partial charge in [0.1, 0.15) is 0 Å². The summed E-state index contributed by atoms with van der Waals surface area (Å²) < 4.78 is 5.49. The summed E-state index contributed by atoms with van der Waals surface area (Å²) in [6.07, 6.45) is 3.65. The first-order valence-corrected chi connectivity index (χ1v) is 8.66. The lowest BCUT2D eigenvalue weighted by Gasteiger charge is -2.29. The number of hydrogen-bond donors (Lipinski definition) is 2. The SMILES string of the molecule is COC(C)(C)CCC[C@H](C)[C@@H](C)NCCN1CCNCC1. The van der Waals surface area contributed by atoms with Crippen LogP contribution in [0.4, 0.5) is 0 Å². The minimum Gasteiger partial charge on any atom is -0.379 e. The highest BCUT2D eigenvalue weighted by Gasteiger charge is 2.18. The molecule has 4 nitrogen and oxygen atoms in total. The molecule has 0 unspecified atom stereocenters. The zero-order valence-corrected chi connectivity index (χ0v) is 14.9. The molecule has 0 aromatic rings. The van der Waals surface area contributed by atoms with Crippen molar-refractivity contribution >= 4 is 0 Å². The maximum atomic E-state index is 5.49. The van der Waals surface area contributed by atoms with Crippen LogP contribution in [0.25, 0.3) is 0 Å². The van der Waals surface area contributed by atoms with Crippen LogP contribution in [0.15, 0.2) is 0 Å². The number of ether oxygens (including phenoxy) is 1. The highest BCUT2D eigenvalue weighted by Crippen LogP contribution is 2.20. The smallest absolute Gasteiger partial charge is 0.0622 e. The highest BCUT2D eigenvalue weighted by atomic mass is 16.5. The van der Waals surface area contributed by atoms with E-state index in [9.17, 15) is 0 Å². The molecule has 0 bridgehead atoms. The molecule has 21 heavy (non-hydrogen) atoms. The van der Waals surface area contributed by atoms with E-state index in [4.69, 9.17) is 4.74 Å². The van der Waals surface area contributed by atoms with Crippen LogP contribution in [0.3, 0.4) is 0 Å². The minimum atomic E-state index is 0.0265. The van der Waals surface area contributed by atoms with Gasteiger partial charge >= 0.3 is 0 Å². The third-order valence-corrected chi connectivity index (χ3v) is 4.95. The number of methoxy groups -OCH3 is 1. The van der Waals surface area contributed by atoms with Crippen molar-refractivity contribution < 1.29 is 4.74 Å². The summed E-state index contributed by atoms with van der Waals surface area (Å²) in [7, 11) is 1.81. The number of nitrogens with one attached hydrogen (secondary N) is 2. The van der Waals surface area contributed by atoms with Crippen LogP contribution >= 0.6 is 0 Å².